The van der Waals surface area contributed by atoms with Gasteiger partial charge in [-0.1, -0.05) is 49.8 Å². The minimum Gasteiger partial charge on any atom is -0.368 e. The molecule has 0 unspecified atom stereocenters. The van der Waals surface area contributed by atoms with E-state index in [1.807, 2.05) is 19.1 Å². The molecular formula is C31H39ClN6O3. The zero-order chi connectivity index (χ0) is 29.4. The SMILES string of the molecule is C=CC(Cl)=CC=C(C)CCNC(=O)c1cc2c(N3CCNC4(CC4)C3)ccnc2n(CC(=O)N2CC(C)(C)C2)c1=O. The summed E-state index contributed by atoms with van der Waals surface area (Å²) in [6, 6.07) is 3.59. The van der Waals surface area contributed by atoms with Crippen molar-refractivity contribution < 1.29 is 9.59 Å². The molecule has 10 heteroatoms. The third-order valence-electron chi connectivity index (χ3n) is 8.19. The summed E-state index contributed by atoms with van der Waals surface area (Å²) in [5, 5.41) is 7.75. The van der Waals surface area contributed by atoms with Gasteiger partial charge in [0.1, 0.15) is 17.8 Å². The average Bonchev–Trinajstić information content (AvgIpc) is 3.68. The molecule has 2 aromatic heterocycles. The number of rotatable bonds is 9. The third kappa shape index (κ3) is 6.41. The summed E-state index contributed by atoms with van der Waals surface area (Å²) >= 11 is 5.98. The molecule has 0 radical (unpaired) electrons. The van der Waals surface area contributed by atoms with Gasteiger partial charge in [-0.3, -0.25) is 19.0 Å². The van der Waals surface area contributed by atoms with Gasteiger partial charge in [0, 0.05) is 67.1 Å². The van der Waals surface area contributed by atoms with Crippen molar-refractivity contribution in [3.8, 4) is 0 Å². The average molecular weight is 579 g/mol. The number of nitrogens with one attached hydrogen (secondary N) is 2. The number of carbonyl (C=O) groups is 2. The number of allylic oxidation sites excluding steroid dienone is 4. The van der Waals surface area contributed by atoms with Crippen LogP contribution >= 0.6 is 11.6 Å². The molecule has 0 atom stereocenters. The van der Waals surface area contributed by atoms with Crippen LogP contribution in [0.15, 0.2) is 58.5 Å². The summed E-state index contributed by atoms with van der Waals surface area (Å²) in [6.07, 6.45) is 9.72. The summed E-state index contributed by atoms with van der Waals surface area (Å²) in [6.45, 7) is 13.8. The Bertz CT molecular complexity index is 1500. The van der Waals surface area contributed by atoms with Crippen LogP contribution in [-0.4, -0.2) is 71.1 Å². The second-order valence-corrected chi connectivity index (χ2v) is 12.8. The number of halogens is 1. The molecule has 41 heavy (non-hydrogen) atoms. The van der Waals surface area contributed by atoms with E-state index in [2.05, 4.69) is 40.9 Å². The van der Waals surface area contributed by atoms with Crippen LogP contribution in [0.3, 0.4) is 0 Å². The van der Waals surface area contributed by atoms with Gasteiger partial charge in [-0.05, 0) is 49.8 Å². The van der Waals surface area contributed by atoms with Gasteiger partial charge in [0.05, 0.1) is 0 Å². The fraction of sp³-hybridized carbons (Fsp3) is 0.484. The smallest absolute Gasteiger partial charge is 0.265 e. The molecule has 2 aromatic rings. The molecule has 2 aliphatic heterocycles. The maximum Gasteiger partial charge on any atom is 0.265 e. The molecule has 2 N–H and O–H groups in total. The number of fused-ring (bicyclic) bond motifs is 1. The van der Waals surface area contributed by atoms with Gasteiger partial charge in [0.15, 0.2) is 0 Å². The molecule has 1 aliphatic carbocycles. The van der Waals surface area contributed by atoms with Crippen LogP contribution in [-0.2, 0) is 11.3 Å². The molecule has 1 saturated carbocycles. The summed E-state index contributed by atoms with van der Waals surface area (Å²) in [7, 11) is 0. The largest absolute Gasteiger partial charge is 0.368 e. The van der Waals surface area contributed by atoms with Gasteiger partial charge in [-0.2, -0.15) is 0 Å². The first kappa shape index (κ1) is 29.1. The Morgan fingerprint density at radius 1 is 1.22 bits per heavy atom. The number of likely N-dealkylation sites (tertiary alicyclic amines) is 1. The Hall–Kier alpha value is -3.43. The van der Waals surface area contributed by atoms with E-state index >= 15 is 0 Å². The van der Waals surface area contributed by atoms with E-state index in [9.17, 15) is 14.4 Å². The monoisotopic (exact) mass is 578 g/mol. The van der Waals surface area contributed by atoms with Crippen LogP contribution in [0.4, 0.5) is 5.69 Å². The normalized spacial score (nSPS) is 19.7. The van der Waals surface area contributed by atoms with Crippen LogP contribution in [0.25, 0.3) is 11.0 Å². The Labute approximate surface area is 245 Å². The minimum atomic E-state index is -0.514. The number of amides is 2. The summed E-state index contributed by atoms with van der Waals surface area (Å²) in [5.74, 6) is -0.618. The van der Waals surface area contributed by atoms with E-state index in [0.29, 0.717) is 42.1 Å². The molecule has 3 fully saturated rings. The lowest BCUT2D eigenvalue weighted by atomic mass is 9.84. The zero-order valence-electron chi connectivity index (χ0n) is 24.1. The molecular weight excluding hydrogens is 540 g/mol. The Morgan fingerprint density at radius 2 is 1.98 bits per heavy atom. The predicted octanol–water partition coefficient (Wildman–Crippen LogP) is 3.58. The van der Waals surface area contributed by atoms with Crippen LogP contribution in [0.2, 0.25) is 0 Å². The lowest BCUT2D eigenvalue weighted by Gasteiger charge is -2.45. The van der Waals surface area contributed by atoms with E-state index in [1.54, 1.807) is 29.3 Å². The van der Waals surface area contributed by atoms with Crippen LogP contribution < -0.4 is 21.1 Å². The molecule has 9 nitrogen and oxygen atoms in total. The zero-order valence-corrected chi connectivity index (χ0v) is 24.9. The molecule has 3 aliphatic rings. The lowest BCUT2D eigenvalue weighted by molar-refractivity contribution is -0.142. The fourth-order valence-corrected chi connectivity index (χ4v) is 5.79. The summed E-state index contributed by atoms with van der Waals surface area (Å²) in [4.78, 5) is 49.0. The van der Waals surface area contributed by atoms with Crippen molar-refractivity contribution in [2.75, 3.05) is 44.2 Å². The number of anilines is 1. The maximum absolute atomic E-state index is 13.7. The number of aromatic nitrogens is 2. The van der Waals surface area contributed by atoms with Crippen molar-refractivity contribution in [2.45, 2.75) is 52.1 Å². The quantitative estimate of drug-likeness (QED) is 0.441. The number of hydrogen-bond donors (Lipinski definition) is 2. The van der Waals surface area contributed by atoms with Crippen molar-refractivity contribution >= 4 is 40.1 Å². The van der Waals surface area contributed by atoms with E-state index in [1.165, 1.54) is 4.57 Å². The molecule has 2 amide bonds. The first-order valence-corrected chi connectivity index (χ1v) is 14.6. The van der Waals surface area contributed by atoms with E-state index < -0.39 is 11.5 Å². The first-order chi connectivity index (χ1) is 19.5. The fourth-order valence-electron chi connectivity index (χ4n) is 5.73. The minimum absolute atomic E-state index is 0.0102. The highest BCUT2D eigenvalue weighted by molar-refractivity contribution is 6.31. The van der Waals surface area contributed by atoms with Crippen molar-refractivity contribution in [1.29, 1.82) is 0 Å². The van der Waals surface area contributed by atoms with Crippen molar-refractivity contribution in [2.24, 2.45) is 5.41 Å². The molecule has 218 valence electrons. The van der Waals surface area contributed by atoms with Gasteiger partial charge in [0.25, 0.3) is 11.5 Å². The number of pyridine rings is 2. The van der Waals surface area contributed by atoms with Crippen LogP contribution in [0.1, 0.15) is 50.4 Å². The second kappa shape index (κ2) is 11.4. The van der Waals surface area contributed by atoms with Crippen molar-refractivity contribution in [1.82, 2.24) is 25.1 Å². The highest BCUT2D eigenvalue weighted by Crippen LogP contribution is 2.40. The maximum atomic E-state index is 13.7. The van der Waals surface area contributed by atoms with Crippen molar-refractivity contribution in [3.63, 3.8) is 0 Å². The number of hydrogen-bond acceptors (Lipinski definition) is 6. The van der Waals surface area contributed by atoms with Gasteiger partial charge in [-0.15, -0.1) is 0 Å². The van der Waals surface area contributed by atoms with Crippen LogP contribution in [0, 0.1) is 5.41 Å². The molecule has 1 spiro atoms. The third-order valence-corrected chi connectivity index (χ3v) is 8.47. The number of piperazine rings is 1. The Morgan fingerprint density at radius 3 is 2.66 bits per heavy atom. The van der Waals surface area contributed by atoms with E-state index in [-0.39, 0.29) is 29.0 Å². The Balaban J connectivity index is 1.46. The standard InChI is InChI=1S/C31H39ClN6O3/c1-5-22(32)7-6-21(2)8-12-34-28(40)24-16-23-25(36-15-14-35-31(20-36)10-11-31)9-13-33-27(23)38(29(24)41)17-26(39)37-18-30(3,4)19-37/h5-7,9,13,16,35H,1,8,10-12,14-15,17-20H2,2-4H3,(H,34,40). The second-order valence-electron chi connectivity index (χ2n) is 12.3. The molecule has 0 aromatic carbocycles. The topological polar surface area (TPSA) is 99.6 Å². The summed E-state index contributed by atoms with van der Waals surface area (Å²) in [5.41, 5.74) is 2.06. The number of nitrogens with zero attached hydrogens (tertiary/aromatic N) is 4. The van der Waals surface area contributed by atoms with Gasteiger partial charge >= 0.3 is 0 Å². The van der Waals surface area contributed by atoms with Crippen LogP contribution in [0.5, 0.6) is 0 Å². The van der Waals surface area contributed by atoms with Gasteiger partial charge < -0.3 is 20.4 Å². The van der Waals surface area contributed by atoms with Gasteiger partial charge in [-0.25, -0.2) is 4.98 Å². The van der Waals surface area contributed by atoms with E-state index in [4.69, 9.17) is 11.6 Å². The highest BCUT2D eigenvalue weighted by atomic mass is 35.5. The lowest BCUT2D eigenvalue weighted by Crippen LogP contribution is -2.56. The Kier molecular flexibility index (Phi) is 8.12. The molecule has 5 rings (SSSR count). The molecule has 0 bridgehead atoms. The number of carbonyl (C=O) groups excluding carboxylic acids is 2. The molecule has 2 saturated heterocycles. The molecule has 4 heterocycles. The van der Waals surface area contributed by atoms with Gasteiger partial charge in [0.2, 0.25) is 5.91 Å². The van der Waals surface area contributed by atoms with E-state index in [0.717, 1.165) is 43.7 Å². The predicted molar refractivity (Wildman–Crippen MR) is 163 cm³/mol. The van der Waals surface area contributed by atoms with Crippen molar-refractivity contribution in [3.05, 3.63) is 69.7 Å². The summed E-state index contributed by atoms with van der Waals surface area (Å²) < 4.78 is 1.38. The first-order valence-electron chi connectivity index (χ1n) is 14.2. The highest BCUT2D eigenvalue weighted by Gasteiger charge is 2.45.